The van der Waals surface area contributed by atoms with E-state index < -0.39 is 0 Å². The molecule has 1 unspecified atom stereocenters. The molecule has 0 saturated heterocycles. The normalized spacial score (nSPS) is 13.1. The minimum Gasteiger partial charge on any atom is -0.378 e. The number of nitrogens with one attached hydrogen (secondary N) is 2. The number of guanidine groups is 1. The summed E-state index contributed by atoms with van der Waals surface area (Å²) in [6.07, 6.45) is 1.25. The van der Waals surface area contributed by atoms with E-state index in [9.17, 15) is 0 Å². The number of benzene rings is 1. The number of hydrogen-bond donors (Lipinski definition) is 2. The molecule has 1 atom stereocenters. The van der Waals surface area contributed by atoms with Gasteiger partial charge in [0.05, 0.1) is 19.3 Å². The maximum atomic E-state index is 5.81. The molecule has 0 aromatic heterocycles. The second-order valence-corrected chi connectivity index (χ2v) is 6.55. The van der Waals surface area contributed by atoms with Gasteiger partial charge in [-0.2, -0.15) is 0 Å². The highest BCUT2D eigenvalue weighted by Gasteiger charge is 2.13. The van der Waals surface area contributed by atoms with Crippen molar-refractivity contribution in [1.82, 2.24) is 10.6 Å². The molecule has 1 aromatic carbocycles. The van der Waals surface area contributed by atoms with E-state index in [1.165, 1.54) is 11.1 Å². The molecular weight excluding hydrogens is 326 g/mol. The topological polar surface area (TPSA) is 54.9 Å². The molecule has 0 saturated carbocycles. The molecule has 1 aromatic rings. The van der Waals surface area contributed by atoms with Gasteiger partial charge in [0.1, 0.15) is 0 Å². The van der Waals surface area contributed by atoms with Gasteiger partial charge in [0.15, 0.2) is 5.96 Å². The van der Waals surface area contributed by atoms with Crippen LogP contribution in [0.2, 0.25) is 0 Å². The van der Waals surface area contributed by atoms with Gasteiger partial charge in [-0.05, 0) is 44.2 Å². The van der Waals surface area contributed by atoms with Crippen LogP contribution in [0.4, 0.5) is 0 Å². The minimum absolute atomic E-state index is 0.280. The van der Waals surface area contributed by atoms with Crippen molar-refractivity contribution < 1.29 is 9.47 Å². The molecule has 5 heteroatoms. The van der Waals surface area contributed by atoms with Crippen LogP contribution in [0, 0.1) is 5.92 Å². The Morgan fingerprint density at radius 1 is 1.04 bits per heavy atom. The van der Waals surface area contributed by atoms with Gasteiger partial charge >= 0.3 is 0 Å². The standard InChI is InChI=1S/C21H37N3O2/c1-6-22-21(23-14-13-20(17(4)5)26-8-3)24-15-18-11-9-10-12-19(18)16-25-7-2/h9-12,17,20H,6-8,13-16H2,1-5H3,(H2,22,23,24). The van der Waals surface area contributed by atoms with Crippen LogP contribution >= 0.6 is 0 Å². The minimum atomic E-state index is 0.280. The maximum absolute atomic E-state index is 5.81. The summed E-state index contributed by atoms with van der Waals surface area (Å²) in [5, 5.41) is 6.74. The molecule has 0 aliphatic rings. The SMILES string of the molecule is CCNC(=NCc1ccccc1COCC)NCCC(OCC)C(C)C. The van der Waals surface area contributed by atoms with Crippen molar-refractivity contribution in [2.24, 2.45) is 10.9 Å². The smallest absolute Gasteiger partial charge is 0.191 e. The first-order chi connectivity index (χ1) is 12.6. The highest BCUT2D eigenvalue weighted by Crippen LogP contribution is 2.12. The predicted molar refractivity (Wildman–Crippen MR) is 109 cm³/mol. The third-order valence-corrected chi connectivity index (χ3v) is 4.18. The molecule has 0 amide bonds. The fourth-order valence-electron chi connectivity index (χ4n) is 2.73. The molecular formula is C21H37N3O2. The maximum Gasteiger partial charge on any atom is 0.191 e. The molecule has 0 heterocycles. The second-order valence-electron chi connectivity index (χ2n) is 6.55. The van der Waals surface area contributed by atoms with E-state index in [4.69, 9.17) is 14.5 Å². The van der Waals surface area contributed by atoms with E-state index in [0.29, 0.717) is 19.1 Å². The lowest BCUT2D eigenvalue weighted by molar-refractivity contribution is 0.0258. The molecule has 0 aliphatic carbocycles. The molecule has 0 bridgehead atoms. The Hall–Kier alpha value is -1.59. The Morgan fingerprint density at radius 2 is 1.77 bits per heavy atom. The van der Waals surface area contributed by atoms with Crippen molar-refractivity contribution in [3.05, 3.63) is 35.4 Å². The van der Waals surface area contributed by atoms with E-state index in [0.717, 1.165) is 38.7 Å². The molecule has 26 heavy (non-hydrogen) atoms. The summed E-state index contributed by atoms with van der Waals surface area (Å²) in [6, 6.07) is 8.32. The Labute approximate surface area is 159 Å². The molecule has 1 rings (SSSR count). The number of nitrogens with zero attached hydrogens (tertiary/aromatic N) is 1. The number of aliphatic imine (C=N–C) groups is 1. The number of ether oxygens (including phenoxy) is 2. The molecule has 0 fully saturated rings. The number of hydrogen-bond acceptors (Lipinski definition) is 3. The molecule has 0 radical (unpaired) electrons. The number of rotatable bonds is 12. The Bertz CT molecular complexity index is 518. The van der Waals surface area contributed by atoms with Crippen LogP contribution in [0.3, 0.4) is 0 Å². The Balaban J connectivity index is 2.63. The lowest BCUT2D eigenvalue weighted by Gasteiger charge is -2.21. The third kappa shape index (κ3) is 8.68. The first kappa shape index (κ1) is 22.5. The van der Waals surface area contributed by atoms with Crippen molar-refractivity contribution in [2.45, 2.75) is 60.3 Å². The van der Waals surface area contributed by atoms with Gasteiger partial charge in [-0.25, -0.2) is 4.99 Å². The van der Waals surface area contributed by atoms with Crippen LogP contribution in [0.1, 0.15) is 52.2 Å². The van der Waals surface area contributed by atoms with Crippen LogP contribution in [-0.4, -0.2) is 38.4 Å². The summed E-state index contributed by atoms with van der Waals surface area (Å²) < 4.78 is 11.4. The van der Waals surface area contributed by atoms with E-state index in [1.54, 1.807) is 0 Å². The van der Waals surface area contributed by atoms with Crippen molar-refractivity contribution >= 4 is 5.96 Å². The predicted octanol–water partition coefficient (Wildman–Crippen LogP) is 3.73. The van der Waals surface area contributed by atoms with Gasteiger partial charge in [0.2, 0.25) is 0 Å². The van der Waals surface area contributed by atoms with E-state index in [2.05, 4.69) is 49.6 Å². The Kier molecular flexibility index (Phi) is 11.7. The quantitative estimate of drug-likeness (QED) is 0.439. The van der Waals surface area contributed by atoms with E-state index in [1.807, 2.05) is 19.9 Å². The van der Waals surface area contributed by atoms with Crippen LogP contribution in [-0.2, 0) is 22.6 Å². The van der Waals surface area contributed by atoms with Crippen molar-refractivity contribution in [3.8, 4) is 0 Å². The zero-order chi connectivity index (χ0) is 19.2. The van der Waals surface area contributed by atoms with Crippen molar-refractivity contribution in [3.63, 3.8) is 0 Å². The molecule has 148 valence electrons. The summed E-state index contributed by atoms with van der Waals surface area (Å²) in [5.41, 5.74) is 2.40. The van der Waals surface area contributed by atoms with Crippen LogP contribution in [0.5, 0.6) is 0 Å². The highest BCUT2D eigenvalue weighted by molar-refractivity contribution is 5.79. The van der Waals surface area contributed by atoms with Gasteiger partial charge in [-0.1, -0.05) is 38.1 Å². The molecule has 0 aliphatic heterocycles. The molecule has 2 N–H and O–H groups in total. The van der Waals surface area contributed by atoms with Gasteiger partial charge in [0.25, 0.3) is 0 Å². The van der Waals surface area contributed by atoms with Crippen LogP contribution in [0.15, 0.2) is 29.3 Å². The summed E-state index contributed by atoms with van der Waals surface area (Å²) in [4.78, 5) is 4.74. The first-order valence-corrected chi connectivity index (χ1v) is 9.90. The average Bonchev–Trinajstić information content (AvgIpc) is 2.64. The lowest BCUT2D eigenvalue weighted by atomic mass is 10.0. The van der Waals surface area contributed by atoms with Gasteiger partial charge < -0.3 is 20.1 Å². The van der Waals surface area contributed by atoms with Gasteiger partial charge in [-0.15, -0.1) is 0 Å². The molecule has 5 nitrogen and oxygen atoms in total. The third-order valence-electron chi connectivity index (χ3n) is 4.18. The lowest BCUT2D eigenvalue weighted by Crippen LogP contribution is -2.39. The second kappa shape index (κ2) is 13.6. The Morgan fingerprint density at radius 3 is 2.38 bits per heavy atom. The largest absolute Gasteiger partial charge is 0.378 e. The zero-order valence-corrected chi connectivity index (χ0v) is 17.2. The van der Waals surface area contributed by atoms with Crippen LogP contribution in [0.25, 0.3) is 0 Å². The van der Waals surface area contributed by atoms with Crippen molar-refractivity contribution in [1.29, 1.82) is 0 Å². The van der Waals surface area contributed by atoms with E-state index >= 15 is 0 Å². The zero-order valence-electron chi connectivity index (χ0n) is 17.2. The fraction of sp³-hybridized carbons (Fsp3) is 0.667. The van der Waals surface area contributed by atoms with Crippen molar-refractivity contribution in [2.75, 3.05) is 26.3 Å². The molecule has 0 spiro atoms. The summed E-state index contributed by atoms with van der Waals surface area (Å²) in [6.45, 7) is 15.0. The summed E-state index contributed by atoms with van der Waals surface area (Å²) in [7, 11) is 0. The summed E-state index contributed by atoms with van der Waals surface area (Å²) in [5.74, 6) is 1.36. The van der Waals surface area contributed by atoms with Crippen LogP contribution < -0.4 is 10.6 Å². The van der Waals surface area contributed by atoms with Gasteiger partial charge in [0, 0.05) is 26.3 Å². The fourth-order valence-corrected chi connectivity index (χ4v) is 2.73. The first-order valence-electron chi connectivity index (χ1n) is 9.90. The monoisotopic (exact) mass is 363 g/mol. The summed E-state index contributed by atoms with van der Waals surface area (Å²) >= 11 is 0. The average molecular weight is 364 g/mol. The van der Waals surface area contributed by atoms with E-state index in [-0.39, 0.29) is 6.10 Å². The van der Waals surface area contributed by atoms with Gasteiger partial charge in [-0.3, -0.25) is 0 Å². The highest BCUT2D eigenvalue weighted by atomic mass is 16.5.